The average Bonchev–Trinajstić information content (AvgIpc) is 3.34. The molecule has 0 saturated carbocycles. The van der Waals surface area contributed by atoms with Crippen molar-refractivity contribution in [3.8, 4) is 0 Å². The van der Waals surface area contributed by atoms with Crippen molar-refractivity contribution in [1.29, 1.82) is 0 Å². The fourth-order valence-corrected chi connectivity index (χ4v) is 11.2. The van der Waals surface area contributed by atoms with E-state index < -0.39 is 103 Å². The zero-order chi connectivity index (χ0) is 54.0. The zero-order valence-corrected chi connectivity index (χ0v) is 50.1. The Morgan fingerprint density at radius 3 is 1.35 bits per heavy atom. The minimum absolute atomic E-state index is 0. The van der Waals surface area contributed by atoms with E-state index in [1.54, 1.807) is 6.92 Å². The maximum absolute atomic E-state index is 13.9. The largest absolute Gasteiger partial charge is 1.00 e. The molecule has 0 radical (unpaired) electrons. The van der Waals surface area contributed by atoms with E-state index in [2.05, 4.69) is 38.8 Å². The van der Waals surface area contributed by atoms with E-state index in [1.165, 1.54) is 141 Å². The van der Waals surface area contributed by atoms with Crippen LogP contribution in [-0.4, -0.2) is 125 Å². The summed E-state index contributed by atoms with van der Waals surface area (Å²) in [5.74, 6) is -0.975. The van der Waals surface area contributed by atoms with Gasteiger partial charge in [-0.25, -0.2) is 8.42 Å². The number of hydrogen-bond acceptors (Lipinski definition) is 16. The van der Waals surface area contributed by atoms with Gasteiger partial charge >= 0.3 is 41.5 Å². The number of carbonyl (C=O) groups is 2. The van der Waals surface area contributed by atoms with Crippen molar-refractivity contribution >= 4 is 22.3 Å². The first-order chi connectivity index (χ1) is 35.0. The molecule has 0 aromatic carbocycles. The molecule has 74 heavy (non-hydrogen) atoms. The van der Waals surface area contributed by atoms with Gasteiger partial charge in [0.1, 0.15) is 30.5 Å². The number of rotatable bonds is 44. The molecule has 0 aliphatic carbocycles. The van der Waals surface area contributed by atoms with Gasteiger partial charge < -0.3 is 53.8 Å². The summed E-state index contributed by atoms with van der Waals surface area (Å²) in [6.07, 6.45) is 18.1. The summed E-state index contributed by atoms with van der Waals surface area (Å²) in [5, 5.41) is 52.9. The predicted octanol–water partition coefficient (Wildman–Crippen LogP) is 7.26. The molecule has 18 heteroatoms. The molecule has 2 fully saturated rings. The zero-order valence-electron chi connectivity index (χ0n) is 47.3. The van der Waals surface area contributed by atoms with Crippen LogP contribution in [0.4, 0.5) is 0 Å². The van der Waals surface area contributed by atoms with Gasteiger partial charge in [0.15, 0.2) is 24.6 Å². The number of ether oxygens (including phenoxy) is 5. The van der Waals surface area contributed by atoms with Crippen LogP contribution in [0.25, 0.3) is 0 Å². The number of unbranched alkanes of at least 4 members (excludes halogenated alkanes) is 25. The van der Waals surface area contributed by atoms with E-state index in [4.69, 9.17) is 23.7 Å². The normalized spacial score (nSPS) is 25.9. The maximum Gasteiger partial charge on any atom is 1.00 e. The number of esters is 2. The van der Waals surface area contributed by atoms with Gasteiger partial charge in [0, 0.05) is 6.42 Å². The molecule has 0 bridgehead atoms. The molecule has 2 heterocycles. The third-order valence-corrected chi connectivity index (χ3v) is 15.4. The Hall–Kier alpha value is -0.510. The second-order valence-electron chi connectivity index (χ2n) is 22.2. The molecule has 14 atom stereocenters. The smallest absolute Gasteiger partial charge is 0.726 e. The second kappa shape index (κ2) is 42.4. The average molecular weight is 1090 g/mol. The fourth-order valence-electron chi connectivity index (χ4n) is 10.8. The van der Waals surface area contributed by atoms with E-state index in [9.17, 15) is 48.1 Å². The molecule has 2 saturated heterocycles. The topological polar surface area (TPSA) is 248 Å². The van der Waals surface area contributed by atoms with Crippen molar-refractivity contribution < 1.29 is 106 Å². The van der Waals surface area contributed by atoms with Crippen molar-refractivity contribution in [2.75, 3.05) is 13.2 Å². The fraction of sp³-hybridized carbons (Fsp3) is 0.964. The van der Waals surface area contributed by atoms with E-state index >= 15 is 0 Å². The molecule has 16 nitrogen and oxygen atoms in total. The van der Waals surface area contributed by atoms with Crippen molar-refractivity contribution in [2.45, 2.75) is 308 Å². The van der Waals surface area contributed by atoms with Crippen LogP contribution in [-0.2, 0) is 47.9 Å². The van der Waals surface area contributed by atoms with Crippen LogP contribution in [0, 0.1) is 23.7 Å². The number of aliphatic hydroxyl groups is 5. The quantitative estimate of drug-likeness (QED) is 0.0132. The molecule has 0 aromatic heterocycles. The molecule has 2 rings (SSSR count). The summed E-state index contributed by atoms with van der Waals surface area (Å²) < 4.78 is 68.8. The maximum atomic E-state index is 13.9. The molecule has 0 spiro atoms. The Morgan fingerprint density at radius 2 is 0.905 bits per heavy atom. The second-order valence-corrected chi connectivity index (χ2v) is 23.2. The minimum atomic E-state index is -5.55. The van der Waals surface area contributed by atoms with Gasteiger partial charge in [0.05, 0.1) is 19.1 Å². The first kappa shape index (κ1) is 71.5. The van der Waals surface area contributed by atoms with E-state index in [1.807, 2.05) is 0 Å². The van der Waals surface area contributed by atoms with Crippen LogP contribution >= 0.6 is 0 Å². The molecule has 2 aliphatic rings. The molecule has 2 aliphatic heterocycles. The van der Waals surface area contributed by atoms with E-state index in [0.717, 1.165) is 44.9 Å². The first-order valence-corrected chi connectivity index (χ1v) is 30.6. The Labute approximate surface area is 470 Å². The summed E-state index contributed by atoms with van der Waals surface area (Å²) in [6.45, 7) is 11.1. The van der Waals surface area contributed by atoms with Gasteiger partial charge in [-0.15, -0.1) is 0 Å². The molecular formula is C56H105NaO16S. The van der Waals surface area contributed by atoms with Gasteiger partial charge in [0.2, 0.25) is 16.7 Å². The van der Waals surface area contributed by atoms with Crippen LogP contribution < -0.4 is 29.6 Å². The molecule has 0 unspecified atom stereocenters. The molecule has 0 aromatic rings. The third kappa shape index (κ3) is 30.7. The van der Waals surface area contributed by atoms with Crippen molar-refractivity contribution in [3.05, 3.63) is 0 Å². The van der Waals surface area contributed by atoms with Crippen LogP contribution in [0.5, 0.6) is 0 Å². The van der Waals surface area contributed by atoms with E-state index in [-0.39, 0.29) is 41.9 Å². The molecule has 0 amide bonds. The van der Waals surface area contributed by atoms with Crippen LogP contribution in [0.2, 0.25) is 0 Å². The molecule has 5 N–H and O–H groups in total. The monoisotopic (exact) mass is 1090 g/mol. The third-order valence-electron chi connectivity index (χ3n) is 14.9. The standard InChI is InChI=1S/C56H106O16S.Na/c1-7-9-11-13-15-17-19-21-23-24-26-28-30-32-34-41(3)36-42(4)37-43(5)38-44(6)54(63)70-51-49(61)46(40-58)68-56(71-55-52(72-73(64,65)66)50(62)48(60)45(39-57)67-55)53(51)69-47(59)35-33-31-29-27-25-22-20-18-16-14-12-10-8-2;/h41-46,48-53,55-58,60-62H,7-40H2,1-6H3,(H,64,65,66);/q;+1/p-1/t41-,42-,43-,44-,45+,46+,48+,49+,50-,51-,52+,53+,55+,56+;/m0./s1. The van der Waals surface area contributed by atoms with Crippen molar-refractivity contribution in [1.82, 2.24) is 0 Å². The van der Waals surface area contributed by atoms with E-state index in [0.29, 0.717) is 24.7 Å². The van der Waals surface area contributed by atoms with Gasteiger partial charge in [-0.05, 0) is 43.4 Å². The predicted molar refractivity (Wildman–Crippen MR) is 281 cm³/mol. The molecule has 432 valence electrons. The summed E-state index contributed by atoms with van der Waals surface area (Å²) in [5.41, 5.74) is 0. The van der Waals surface area contributed by atoms with Gasteiger partial charge in [-0.3, -0.25) is 13.8 Å². The van der Waals surface area contributed by atoms with Gasteiger partial charge in [0.25, 0.3) is 0 Å². The summed E-state index contributed by atoms with van der Waals surface area (Å²) >= 11 is 0. The minimum Gasteiger partial charge on any atom is -0.726 e. The first-order valence-electron chi connectivity index (χ1n) is 29.2. The van der Waals surface area contributed by atoms with Crippen LogP contribution in [0.3, 0.4) is 0 Å². The molecular weight excluding hydrogens is 984 g/mol. The Kier molecular flexibility index (Phi) is 41.0. The Morgan fingerprint density at radius 1 is 0.514 bits per heavy atom. The Balaban J connectivity index is 0.0000274. The number of aliphatic hydroxyl groups excluding tert-OH is 5. The number of carbonyl (C=O) groups excluding carboxylic acids is 2. The number of hydrogen-bond donors (Lipinski definition) is 5. The van der Waals surface area contributed by atoms with Gasteiger partial charge in [-0.1, -0.05) is 215 Å². The van der Waals surface area contributed by atoms with Crippen LogP contribution in [0.15, 0.2) is 0 Å². The summed E-state index contributed by atoms with van der Waals surface area (Å²) in [7, 11) is -5.55. The SMILES string of the molecule is CCCCCCCCCCCCCCCC[C@H](C)C[C@H](C)C[C@H](C)C[C@H](C)C(=O)O[C@H]1[C@H](O)[C@@H](CO)O[C@H](O[C@H]2O[C@H](CO)[C@@H](O)[C@H](O)[C@H]2OS(=O)(=O)[O-])[C@@H]1OC(=O)CCCCCCCCCCCCCCC.[Na+]. The van der Waals surface area contributed by atoms with Gasteiger partial charge in [-0.2, -0.15) is 0 Å². The van der Waals surface area contributed by atoms with Crippen molar-refractivity contribution in [3.63, 3.8) is 0 Å². The van der Waals surface area contributed by atoms with Crippen molar-refractivity contribution in [2.24, 2.45) is 23.7 Å². The Bertz CT molecular complexity index is 1510. The summed E-state index contributed by atoms with van der Waals surface area (Å²) in [4.78, 5) is 27.4. The summed E-state index contributed by atoms with van der Waals surface area (Å²) in [6, 6.07) is 0. The van der Waals surface area contributed by atoms with Crippen LogP contribution in [0.1, 0.15) is 247 Å².